The number of aliphatic imine (C=N–C) groups is 1. The van der Waals surface area contributed by atoms with Gasteiger partial charge in [-0.05, 0) is 0 Å². The van der Waals surface area contributed by atoms with E-state index in [9.17, 15) is 19.5 Å². The van der Waals surface area contributed by atoms with Crippen molar-refractivity contribution in [3.8, 4) is 23.0 Å². The van der Waals surface area contributed by atoms with Gasteiger partial charge in [0.25, 0.3) is 0 Å². The van der Waals surface area contributed by atoms with Gasteiger partial charge in [-0.2, -0.15) is 0 Å². The Morgan fingerprint density at radius 2 is 1.51 bits per heavy atom. The zero-order valence-electron chi connectivity index (χ0n) is 21.9. The van der Waals surface area contributed by atoms with Crippen molar-refractivity contribution in [2.75, 3.05) is 33.3 Å². The Morgan fingerprint density at radius 1 is 0.923 bits per heavy atom. The number of hydrogen-bond donors (Lipinski definition) is 1. The van der Waals surface area contributed by atoms with E-state index in [0.29, 0.717) is 34.1 Å². The summed E-state index contributed by atoms with van der Waals surface area (Å²) in [6.07, 6.45) is 0.298. The smallest absolute Gasteiger partial charge is 0.342 e. The molecule has 3 aromatic rings. The maximum absolute atomic E-state index is 13.1. The molecule has 1 N–H and O–H groups in total. The van der Waals surface area contributed by atoms with E-state index in [1.165, 1.54) is 64.7 Å². The van der Waals surface area contributed by atoms with Gasteiger partial charge in [0.15, 0.2) is 23.0 Å². The highest BCUT2D eigenvalue weighted by atomic mass is 16.6. The highest BCUT2D eigenvalue weighted by molar-refractivity contribution is 6.06. The van der Waals surface area contributed by atoms with E-state index >= 15 is 0 Å². The Balaban J connectivity index is 1.82. The van der Waals surface area contributed by atoms with Crippen LogP contribution in [0.1, 0.15) is 45.0 Å². The van der Waals surface area contributed by atoms with Crippen LogP contribution in [0.3, 0.4) is 0 Å². The third kappa shape index (κ3) is 5.06. The van der Waals surface area contributed by atoms with Gasteiger partial charge in [-0.3, -0.25) is 14.7 Å². The predicted molar refractivity (Wildman–Crippen MR) is 141 cm³/mol. The molecule has 0 fully saturated rings. The Labute approximate surface area is 224 Å². The van der Waals surface area contributed by atoms with Crippen molar-refractivity contribution in [2.45, 2.75) is 13.2 Å². The van der Waals surface area contributed by atoms with E-state index in [1.54, 1.807) is 30.3 Å². The first-order chi connectivity index (χ1) is 18.7. The molecule has 0 spiro atoms. The number of rotatable bonds is 8. The van der Waals surface area contributed by atoms with Crippen molar-refractivity contribution in [1.82, 2.24) is 0 Å². The summed E-state index contributed by atoms with van der Waals surface area (Å²) in [6, 6.07) is 12.6. The Hall–Kier alpha value is -5.06. The fourth-order valence-electron chi connectivity index (χ4n) is 4.25. The van der Waals surface area contributed by atoms with Crippen molar-refractivity contribution in [1.29, 1.82) is 0 Å². The molecule has 11 nitrogen and oxygen atoms in total. The molecule has 4 rings (SSSR count). The molecule has 1 amide bonds. The minimum atomic E-state index is -1.21. The van der Waals surface area contributed by atoms with Crippen LogP contribution in [0.2, 0.25) is 0 Å². The van der Waals surface area contributed by atoms with Gasteiger partial charge in [0.05, 0.1) is 50.9 Å². The summed E-state index contributed by atoms with van der Waals surface area (Å²) >= 11 is 0. The number of nitrogens with zero attached hydrogens (tertiary/aromatic N) is 2. The summed E-state index contributed by atoms with van der Waals surface area (Å²) < 4.78 is 26.9. The molecule has 1 heterocycles. The number of cyclic esters (lactones) is 1. The number of methoxy groups -OCH3 is 4. The molecule has 1 unspecified atom stereocenters. The number of anilines is 1. The SMILES string of the molecule is COc1cc(N=Cc2ccccc2C2OC(=O)c3cc(OC)c(OC)cc3N2C(C)=O)c(C(=O)O)cc1OC. The molecule has 1 aliphatic heterocycles. The number of benzene rings is 3. The standard InChI is InChI=1S/C28H26N2O9/c1-15(31)30-21-13-25(38-5)23(36-3)11-19(21)28(34)39-26(30)17-9-7-6-8-16(17)14-29-20-12-24(37-4)22(35-2)10-18(20)27(32)33/h6-14,26H,1-5H3,(H,32,33). The number of carbonyl (C=O) groups excluding carboxylic acids is 2. The molecule has 0 radical (unpaired) electrons. The zero-order chi connectivity index (χ0) is 28.3. The van der Waals surface area contributed by atoms with E-state index in [2.05, 4.69) is 4.99 Å². The molecule has 0 aromatic heterocycles. The molecule has 0 aliphatic carbocycles. The second-order valence-corrected chi connectivity index (χ2v) is 8.29. The summed E-state index contributed by atoms with van der Waals surface area (Å²) in [6.45, 7) is 1.35. The lowest BCUT2D eigenvalue weighted by Gasteiger charge is -2.36. The van der Waals surface area contributed by atoms with Gasteiger partial charge in [-0.15, -0.1) is 0 Å². The first-order valence-corrected chi connectivity index (χ1v) is 11.6. The molecule has 1 atom stereocenters. The second kappa shape index (κ2) is 11.1. The summed E-state index contributed by atoms with van der Waals surface area (Å²) in [5.74, 6) is -1.07. The van der Waals surface area contributed by atoms with Crippen LogP contribution in [0.25, 0.3) is 0 Å². The van der Waals surface area contributed by atoms with Crippen molar-refractivity contribution in [2.24, 2.45) is 4.99 Å². The number of carboxylic acid groups (broad SMARTS) is 1. The highest BCUT2D eigenvalue weighted by Gasteiger charge is 2.38. The normalized spacial score (nSPS) is 14.4. The quantitative estimate of drug-likeness (QED) is 0.330. The Bertz CT molecular complexity index is 1480. The molecular weight excluding hydrogens is 508 g/mol. The Kier molecular flexibility index (Phi) is 7.70. The second-order valence-electron chi connectivity index (χ2n) is 8.29. The zero-order valence-corrected chi connectivity index (χ0v) is 21.9. The molecule has 39 heavy (non-hydrogen) atoms. The molecule has 1 aliphatic rings. The van der Waals surface area contributed by atoms with Crippen LogP contribution >= 0.6 is 0 Å². The van der Waals surface area contributed by atoms with E-state index in [1.807, 2.05) is 0 Å². The molecule has 3 aromatic carbocycles. The largest absolute Gasteiger partial charge is 0.493 e. The molecule has 202 valence electrons. The number of ether oxygens (including phenoxy) is 5. The summed E-state index contributed by atoms with van der Waals surface area (Å²) in [5, 5.41) is 9.71. The number of amides is 1. The lowest BCUT2D eigenvalue weighted by Crippen LogP contribution is -2.41. The average Bonchev–Trinajstić information content (AvgIpc) is 2.94. The Morgan fingerprint density at radius 3 is 2.13 bits per heavy atom. The van der Waals surface area contributed by atoms with E-state index < -0.39 is 18.2 Å². The van der Waals surface area contributed by atoms with Gasteiger partial charge in [-0.25, -0.2) is 9.59 Å². The van der Waals surface area contributed by atoms with Gasteiger partial charge in [0.2, 0.25) is 12.1 Å². The minimum Gasteiger partial charge on any atom is -0.493 e. The maximum Gasteiger partial charge on any atom is 0.342 e. The van der Waals surface area contributed by atoms with Gasteiger partial charge >= 0.3 is 11.9 Å². The number of esters is 1. The van der Waals surface area contributed by atoms with Gasteiger partial charge < -0.3 is 28.8 Å². The van der Waals surface area contributed by atoms with Crippen molar-refractivity contribution in [3.05, 3.63) is 70.8 Å². The number of hydrogen-bond acceptors (Lipinski definition) is 9. The van der Waals surface area contributed by atoms with Crippen molar-refractivity contribution >= 4 is 35.4 Å². The predicted octanol–water partition coefficient (Wildman–Crippen LogP) is 4.39. The first kappa shape index (κ1) is 27.0. The van der Waals surface area contributed by atoms with Crippen LogP contribution in [0.5, 0.6) is 23.0 Å². The van der Waals surface area contributed by atoms with Crippen molar-refractivity contribution < 1.29 is 43.2 Å². The van der Waals surface area contributed by atoms with Gasteiger partial charge in [0, 0.05) is 48.5 Å². The first-order valence-electron chi connectivity index (χ1n) is 11.6. The molecule has 0 saturated heterocycles. The summed E-state index contributed by atoms with van der Waals surface area (Å²) in [7, 11) is 5.72. The minimum absolute atomic E-state index is 0.106. The maximum atomic E-state index is 13.1. The van der Waals surface area contributed by atoms with E-state index in [4.69, 9.17) is 23.7 Å². The van der Waals surface area contributed by atoms with Crippen LogP contribution in [0, 0.1) is 0 Å². The van der Waals surface area contributed by atoms with E-state index in [-0.39, 0.29) is 28.5 Å². The monoisotopic (exact) mass is 534 g/mol. The van der Waals surface area contributed by atoms with Crippen molar-refractivity contribution in [3.63, 3.8) is 0 Å². The number of fused-ring (bicyclic) bond motifs is 1. The third-order valence-electron chi connectivity index (χ3n) is 6.11. The summed E-state index contributed by atoms with van der Waals surface area (Å²) in [5.41, 5.74) is 1.37. The lowest BCUT2D eigenvalue weighted by atomic mass is 10.0. The van der Waals surface area contributed by atoms with Crippen LogP contribution in [-0.4, -0.2) is 57.6 Å². The topological polar surface area (TPSA) is 133 Å². The highest BCUT2D eigenvalue weighted by Crippen LogP contribution is 2.43. The fraction of sp³-hybridized carbons (Fsp3) is 0.214. The van der Waals surface area contributed by atoms with Crippen LogP contribution in [0.4, 0.5) is 11.4 Å². The third-order valence-corrected chi connectivity index (χ3v) is 6.11. The number of carbonyl (C=O) groups is 3. The lowest BCUT2D eigenvalue weighted by molar-refractivity contribution is -0.118. The molecular formula is C28H26N2O9. The number of carboxylic acids is 1. The van der Waals surface area contributed by atoms with Gasteiger partial charge in [-0.1, -0.05) is 24.3 Å². The van der Waals surface area contributed by atoms with Crippen LogP contribution in [0.15, 0.2) is 53.5 Å². The average molecular weight is 535 g/mol. The molecule has 11 heteroatoms. The van der Waals surface area contributed by atoms with Gasteiger partial charge in [0.1, 0.15) is 0 Å². The molecule has 0 saturated carbocycles. The van der Waals surface area contributed by atoms with Crippen LogP contribution < -0.4 is 23.8 Å². The molecule has 0 bridgehead atoms. The number of aromatic carboxylic acids is 1. The summed E-state index contributed by atoms with van der Waals surface area (Å²) in [4.78, 5) is 43.6. The fourth-order valence-corrected chi connectivity index (χ4v) is 4.25. The van der Waals surface area contributed by atoms with E-state index in [0.717, 1.165) is 0 Å². The van der Waals surface area contributed by atoms with Crippen LogP contribution in [-0.2, 0) is 9.53 Å².